The van der Waals surface area contributed by atoms with Gasteiger partial charge in [-0.1, -0.05) is 36.4 Å². The lowest BCUT2D eigenvalue weighted by molar-refractivity contribution is -0.417. The number of amides is 1. The number of carbonyl (C=O) groups excluding carboxylic acids is 2. The summed E-state index contributed by atoms with van der Waals surface area (Å²) in [4.78, 5) is 38.1. The van der Waals surface area contributed by atoms with E-state index >= 15 is 0 Å². The van der Waals surface area contributed by atoms with E-state index in [1.807, 2.05) is 30.3 Å². The van der Waals surface area contributed by atoms with Gasteiger partial charge in [-0.3, -0.25) is 19.7 Å². The standard InChI is InChI=1S/C20H14N2O4S/c23-15-8-10-20(11-9-15)17(16-7-4-12-27-16)18(22(25)26)19(24)21(20)13-14-5-2-1-3-6-14/h1-12H,13H2. The molecule has 1 aromatic carbocycles. The Morgan fingerprint density at radius 1 is 1.04 bits per heavy atom. The summed E-state index contributed by atoms with van der Waals surface area (Å²) >= 11 is 1.33. The molecule has 0 atom stereocenters. The topological polar surface area (TPSA) is 80.5 Å². The zero-order chi connectivity index (χ0) is 19.0. The highest BCUT2D eigenvalue weighted by Crippen LogP contribution is 2.47. The van der Waals surface area contributed by atoms with E-state index in [1.54, 1.807) is 29.7 Å². The van der Waals surface area contributed by atoms with Crippen molar-refractivity contribution in [3.8, 4) is 0 Å². The van der Waals surface area contributed by atoms with Crippen molar-refractivity contribution in [1.29, 1.82) is 0 Å². The molecule has 0 radical (unpaired) electrons. The molecule has 0 fully saturated rings. The van der Waals surface area contributed by atoms with Crippen molar-refractivity contribution in [3.63, 3.8) is 0 Å². The van der Waals surface area contributed by atoms with Gasteiger partial charge in [-0.2, -0.15) is 0 Å². The van der Waals surface area contributed by atoms with Gasteiger partial charge in [0.25, 0.3) is 0 Å². The van der Waals surface area contributed by atoms with Crippen molar-refractivity contribution >= 4 is 28.6 Å². The highest BCUT2D eigenvalue weighted by Gasteiger charge is 2.55. The number of ketones is 1. The molecule has 134 valence electrons. The molecule has 0 N–H and O–H groups in total. The number of allylic oxidation sites excluding steroid dienone is 2. The van der Waals surface area contributed by atoms with E-state index < -0.39 is 22.1 Å². The van der Waals surface area contributed by atoms with E-state index in [4.69, 9.17) is 0 Å². The van der Waals surface area contributed by atoms with Crippen LogP contribution in [0.5, 0.6) is 0 Å². The van der Waals surface area contributed by atoms with Gasteiger partial charge >= 0.3 is 11.6 Å². The fourth-order valence-electron chi connectivity index (χ4n) is 3.48. The maximum atomic E-state index is 13.1. The van der Waals surface area contributed by atoms with Crippen molar-refractivity contribution in [2.75, 3.05) is 0 Å². The molecule has 4 rings (SSSR count). The van der Waals surface area contributed by atoms with E-state index in [0.717, 1.165) is 5.56 Å². The van der Waals surface area contributed by atoms with Gasteiger partial charge in [0.05, 0.1) is 10.5 Å². The van der Waals surface area contributed by atoms with Crippen LogP contribution in [0.1, 0.15) is 10.4 Å². The van der Waals surface area contributed by atoms with Gasteiger partial charge in [0.1, 0.15) is 5.54 Å². The largest absolute Gasteiger partial charge is 0.341 e. The summed E-state index contributed by atoms with van der Waals surface area (Å²) in [6, 6.07) is 12.8. The van der Waals surface area contributed by atoms with E-state index in [0.29, 0.717) is 10.5 Å². The van der Waals surface area contributed by atoms with Crippen molar-refractivity contribution in [2.45, 2.75) is 12.1 Å². The predicted molar refractivity (Wildman–Crippen MR) is 101 cm³/mol. The summed E-state index contributed by atoms with van der Waals surface area (Å²) in [5.74, 6) is -0.872. The minimum absolute atomic E-state index is 0.189. The molecule has 1 aliphatic carbocycles. The third-order valence-electron chi connectivity index (χ3n) is 4.67. The second-order valence-electron chi connectivity index (χ2n) is 6.23. The highest BCUT2D eigenvalue weighted by atomic mass is 32.1. The van der Waals surface area contributed by atoms with Gasteiger partial charge in [0.2, 0.25) is 0 Å². The Morgan fingerprint density at radius 2 is 1.74 bits per heavy atom. The lowest BCUT2D eigenvalue weighted by Crippen LogP contribution is -2.45. The van der Waals surface area contributed by atoms with Gasteiger partial charge in [0, 0.05) is 11.4 Å². The lowest BCUT2D eigenvalue weighted by atomic mass is 9.84. The molecular formula is C20H14N2O4S. The van der Waals surface area contributed by atoms with Crippen LogP contribution in [0.2, 0.25) is 0 Å². The Morgan fingerprint density at radius 3 is 2.33 bits per heavy atom. The second kappa shape index (κ2) is 6.44. The van der Waals surface area contributed by atoms with Crippen LogP contribution in [-0.4, -0.2) is 27.1 Å². The minimum atomic E-state index is -1.16. The molecule has 0 saturated heterocycles. The van der Waals surface area contributed by atoms with Gasteiger partial charge in [-0.15, -0.1) is 11.3 Å². The molecule has 2 aromatic rings. The van der Waals surface area contributed by atoms with Gasteiger partial charge in [0.15, 0.2) is 5.78 Å². The third-order valence-corrected chi connectivity index (χ3v) is 5.56. The molecule has 6 nitrogen and oxygen atoms in total. The van der Waals surface area contributed by atoms with Crippen LogP contribution in [0.4, 0.5) is 0 Å². The maximum absolute atomic E-state index is 13.1. The summed E-state index contributed by atoms with van der Waals surface area (Å²) < 4.78 is 0. The van der Waals surface area contributed by atoms with Crippen molar-refractivity contribution in [3.05, 3.63) is 98.4 Å². The first-order valence-corrected chi connectivity index (χ1v) is 9.12. The Labute approximate surface area is 158 Å². The summed E-state index contributed by atoms with van der Waals surface area (Å²) in [6.07, 6.45) is 5.90. The smallest absolute Gasteiger partial charge is 0.312 e. The first-order valence-electron chi connectivity index (χ1n) is 8.24. The van der Waals surface area contributed by atoms with Gasteiger partial charge in [-0.05, 0) is 41.3 Å². The fourth-order valence-corrected chi connectivity index (χ4v) is 4.32. The summed E-state index contributed by atoms with van der Waals surface area (Å²) in [5.41, 5.74) is -0.451. The van der Waals surface area contributed by atoms with E-state index in [9.17, 15) is 19.7 Å². The van der Waals surface area contributed by atoms with Crippen LogP contribution < -0.4 is 0 Å². The third kappa shape index (κ3) is 2.72. The van der Waals surface area contributed by atoms with Crippen LogP contribution in [-0.2, 0) is 16.1 Å². The molecule has 1 amide bonds. The normalized spacial score (nSPS) is 18.0. The van der Waals surface area contributed by atoms with Crippen LogP contribution in [0.15, 0.2) is 77.8 Å². The zero-order valence-electron chi connectivity index (χ0n) is 14.1. The summed E-state index contributed by atoms with van der Waals surface area (Å²) in [6.45, 7) is 0.189. The molecular weight excluding hydrogens is 364 g/mol. The number of rotatable bonds is 4. The summed E-state index contributed by atoms with van der Waals surface area (Å²) in [5, 5.41) is 13.6. The molecule has 1 spiro atoms. The molecule has 0 unspecified atom stereocenters. The monoisotopic (exact) mass is 378 g/mol. The number of hydrogen-bond acceptors (Lipinski definition) is 5. The van der Waals surface area contributed by atoms with Crippen LogP contribution in [0.3, 0.4) is 0 Å². The van der Waals surface area contributed by atoms with E-state index in [2.05, 4.69) is 0 Å². The van der Waals surface area contributed by atoms with Gasteiger partial charge < -0.3 is 4.90 Å². The highest BCUT2D eigenvalue weighted by molar-refractivity contribution is 7.11. The van der Waals surface area contributed by atoms with Crippen LogP contribution >= 0.6 is 11.3 Å². The number of nitro groups is 1. The van der Waals surface area contributed by atoms with E-state index in [1.165, 1.54) is 28.4 Å². The van der Waals surface area contributed by atoms with Gasteiger partial charge in [-0.25, -0.2) is 0 Å². The molecule has 1 aromatic heterocycles. The van der Waals surface area contributed by atoms with E-state index in [-0.39, 0.29) is 12.3 Å². The Balaban J connectivity index is 1.92. The SMILES string of the molecule is O=C1C=CC2(C=C1)C(c1cccs1)=C([N+](=O)[O-])C(=O)N2Cc1ccccc1. The first kappa shape index (κ1) is 17.1. The first-order chi connectivity index (χ1) is 13.0. The van der Waals surface area contributed by atoms with Crippen molar-refractivity contribution in [1.82, 2.24) is 4.90 Å². The predicted octanol–water partition coefficient (Wildman–Crippen LogP) is 3.21. The summed E-state index contributed by atoms with van der Waals surface area (Å²) in [7, 11) is 0. The molecule has 27 heavy (non-hydrogen) atoms. The number of benzene rings is 1. The molecule has 2 aliphatic rings. The molecule has 7 heteroatoms. The lowest BCUT2D eigenvalue weighted by Gasteiger charge is -2.36. The Kier molecular flexibility index (Phi) is 4.08. The fraction of sp³-hybridized carbons (Fsp3) is 0.100. The Hall–Kier alpha value is -3.32. The maximum Gasteiger partial charge on any atom is 0.341 e. The molecule has 0 saturated carbocycles. The number of nitrogens with zero attached hydrogens (tertiary/aromatic N) is 2. The number of carbonyl (C=O) groups is 2. The molecule has 2 heterocycles. The molecule has 0 bridgehead atoms. The Bertz CT molecular complexity index is 1000. The zero-order valence-corrected chi connectivity index (χ0v) is 14.9. The van der Waals surface area contributed by atoms with Crippen LogP contribution in [0.25, 0.3) is 5.57 Å². The van der Waals surface area contributed by atoms with Crippen molar-refractivity contribution in [2.24, 2.45) is 0 Å². The minimum Gasteiger partial charge on any atom is -0.312 e. The number of thiophene rings is 1. The van der Waals surface area contributed by atoms with Crippen molar-refractivity contribution < 1.29 is 14.5 Å². The average molecular weight is 378 g/mol. The average Bonchev–Trinajstić information content (AvgIpc) is 3.26. The molecule has 1 aliphatic heterocycles. The van der Waals surface area contributed by atoms with Crippen LogP contribution in [0, 0.1) is 10.1 Å². The second-order valence-corrected chi connectivity index (χ2v) is 7.18. The quantitative estimate of drug-likeness (QED) is 0.604. The number of hydrogen-bond donors (Lipinski definition) is 0.